The molecule has 0 radical (unpaired) electrons. The molecule has 5 heteroatoms. The normalized spacial score (nSPS) is 20.8. The van der Waals surface area contributed by atoms with Crippen molar-refractivity contribution in [1.29, 1.82) is 0 Å². The van der Waals surface area contributed by atoms with E-state index in [1.54, 1.807) is 17.0 Å². The fourth-order valence-electron chi connectivity index (χ4n) is 2.89. The van der Waals surface area contributed by atoms with Crippen LogP contribution in [0.15, 0.2) is 54.6 Å². The number of benzene rings is 2. The highest BCUT2D eigenvalue weighted by Gasteiger charge is 2.32. The Morgan fingerprint density at radius 3 is 2.25 bits per heavy atom. The lowest BCUT2D eigenvalue weighted by atomic mass is 10.0. The molecule has 0 aromatic heterocycles. The van der Waals surface area contributed by atoms with E-state index >= 15 is 0 Å². The third kappa shape index (κ3) is 3.80. The van der Waals surface area contributed by atoms with Gasteiger partial charge in [0.1, 0.15) is 24.6 Å². The van der Waals surface area contributed by atoms with Crippen molar-refractivity contribution in [3.8, 4) is 0 Å². The van der Waals surface area contributed by atoms with Gasteiger partial charge in [0.25, 0.3) is 0 Å². The molecule has 0 saturated carbocycles. The van der Waals surface area contributed by atoms with Crippen molar-refractivity contribution >= 4 is 5.91 Å². The molecule has 4 nitrogen and oxygen atoms in total. The summed E-state index contributed by atoms with van der Waals surface area (Å²) in [7, 11) is 1.50. The van der Waals surface area contributed by atoms with Gasteiger partial charge in [-0.25, -0.2) is 4.39 Å². The molecule has 126 valence electrons. The van der Waals surface area contributed by atoms with Crippen molar-refractivity contribution in [3.05, 3.63) is 71.5 Å². The monoisotopic (exact) mass is 329 g/mol. The van der Waals surface area contributed by atoms with Gasteiger partial charge in [-0.1, -0.05) is 42.5 Å². The average Bonchev–Trinajstić information content (AvgIpc) is 2.63. The van der Waals surface area contributed by atoms with E-state index in [1.807, 2.05) is 30.3 Å². The second-order valence-electron chi connectivity index (χ2n) is 5.81. The lowest BCUT2D eigenvalue weighted by Crippen LogP contribution is -2.45. The summed E-state index contributed by atoms with van der Waals surface area (Å²) in [4.78, 5) is 14.0. The molecule has 2 unspecified atom stereocenters. The van der Waals surface area contributed by atoms with E-state index in [0.29, 0.717) is 13.1 Å². The fraction of sp³-hybridized carbons (Fsp3) is 0.316. The van der Waals surface area contributed by atoms with Gasteiger partial charge in [-0.2, -0.15) is 0 Å². The van der Waals surface area contributed by atoms with Gasteiger partial charge < -0.3 is 14.4 Å². The average molecular weight is 329 g/mol. The summed E-state index contributed by atoms with van der Waals surface area (Å²) in [5.41, 5.74) is 1.87. The molecule has 1 heterocycles. The van der Waals surface area contributed by atoms with Gasteiger partial charge in [0.15, 0.2) is 0 Å². The Morgan fingerprint density at radius 2 is 1.67 bits per heavy atom. The van der Waals surface area contributed by atoms with Crippen LogP contribution in [0.2, 0.25) is 0 Å². The number of carbonyl (C=O) groups is 1. The lowest BCUT2D eigenvalue weighted by Gasteiger charge is -2.38. The van der Waals surface area contributed by atoms with Crippen molar-refractivity contribution in [2.45, 2.75) is 12.2 Å². The topological polar surface area (TPSA) is 38.8 Å². The van der Waals surface area contributed by atoms with Crippen LogP contribution in [0.5, 0.6) is 0 Å². The highest BCUT2D eigenvalue weighted by atomic mass is 19.1. The molecule has 1 fully saturated rings. The molecule has 24 heavy (non-hydrogen) atoms. The maximum Gasteiger partial charge on any atom is 0.248 e. The van der Waals surface area contributed by atoms with Crippen LogP contribution in [-0.2, 0) is 14.3 Å². The molecule has 2 aromatic carbocycles. The first kappa shape index (κ1) is 16.6. The predicted octanol–water partition coefficient (Wildman–Crippen LogP) is 3.11. The first-order valence-electron chi connectivity index (χ1n) is 7.90. The molecule has 1 aliphatic heterocycles. The van der Waals surface area contributed by atoms with Crippen LogP contribution >= 0.6 is 0 Å². The first-order valence-corrected chi connectivity index (χ1v) is 7.90. The Bertz CT molecular complexity index is 675. The van der Waals surface area contributed by atoms with E-state index in [4.69, 9.17) is 9.47 Å². The molecule has 1 amide bonds. The molecule has 1 saturated heterocycles. The quantitative estimate of drug-likeness (QED) is 0.865. The number of hydrogen-bond donors (Lipinski definition) is 0. The smallest absolute Gasteiger partial charge is 0.248 e. The number of morpholine rings is 1. The Kier molecular flexibility index (Phi) is 5.23. The number of halogens is 1. The van der Waals surface area contributed by atoms with Gasteiger partial charge in [0, 0.05) is 7.11 Å². The summed E-state index contributed by atoms with van der Waals surface area (Å²) in [5.74, 6) is -0.365. The maximum absolute atomic E-state index is 13.2. The highest BCUT2D eigenvalue weighted by Crippen LogP contribution is 2.33. The molecular formula is C19H20FNO3. The molecule has 0 bridgehead atoms. The van der Waals surface area contributed by atoms with Gasteiger partial charge in [-0.15, -0.1) is 0 Å². The van der Waals surface area contributed by atoms with Gasteiger partial charge in [-0.05, 0) is 23.3 Å². The summed E-state index contributed by atoms with van der Waals surface area (Å²) < 4.78 is 24.4. The zero-order valence-electron chi connectivity index (χ0n) is 13.5. The minimum Gasteiger partial charge on any atom is -0.375 e. The Balaban J connectivity index is 1.85. The van der Waals surface area contributed by atoms with Gasteiger partial charge in [0.05, 0.1) is 13.1 Å². The summed E-state index contributed by atoms with van der Waals surface area (Å²) in [5, 5.41) is 0. The maximum atomic E-state index is 13.2. The number of nitrogens with zero attached hydrogens (tertiary/aromatic N) is 1. The van der Waals surface area contributed by atoms with Crippen LogP contribution in [0.25, 0.3) is 0 Å². The van der Waals surface area contributed by atoms with Gasteiger partial charge in [-0.3, -0.25) is 4.79 Å². The SMILES string of the molecule is COCC(=O)N1CC(c2ccccc2)OC(c2ccc(F)cc2)C1. The standard InChI is InChI=1S/C19H20FNO3/c1-23-13-19(22)21-11-17(14-5-3-2-4-6-14)24-18(12-21)15-7-9-16(20)10-8-15/h2-10,17-18H,11-13H2,1H3. The van der Waals surface area contributed by atoms with E-state index in [0.717, 1.165) is 11.1 Å². The number of rotatable bonds is 4. The number of ether oxygens (including phenoxy) is 2. The zero-order valence-corrected chi connectivity index (χ0v) is 13.5. The third-order valence-electron chi connectivity index (χ3n) is 4.13. The van der Waals surface area contributed by atoms with E-state index in [9.17, 15) is 9.18 Å². The second kappa shape index (κ2) is 7.55. The minimum atomic E-state index is -0.301. The molecule has 0 spiro atoms. The molecule has 1 aliphatic rings. The van der Waals surface area contributed by atoms with Crippen LogP contribution in [0, 0.1) is 5.82 Å². The molecule has 0 aliphatic carbocycles. The Morgan fingerprint density at radius 1 is 1.08 bits per heavy atom. The summed E-state index contributed by atoms with van der Waals surface area (Å²) >= 11 is 0. The van der Waals surface area contributed by atoms with E-state index in [2.05, 4.69) is 0 Å². The number of methoxy groups -OCH3 is 1. The van der Waals surface area contributed by atoms with E-state index in [-0.39, 0.29) is 30.5 Å². The fourth-order valence-corrected chi connectivity index (χ4v) is 2.89. The zero-order chi connectivity index (χ0) is 16.9. The van der Waals surface area contributed by atoms with Crippen LogP contribution in [-0.4, -0.2) is 37.6 Å². The van der Waals surface area contributed by atoms with Gasteiger partial charge >= 0.3 is 0 Å². The summed E-state index contributed by atoms with van der Waals surface area (Å²) in [6, 6.07) is 16.0. The number of carbonyl (C=O) groups excluding carboxylic acids is 1. The van der Waals surface area contributed by atoms with Gasteiger partial charge in [0.2, 0.25) is 5.91 Å². The minimum absolute atomic E-state index is 0.0393. The van der Waals surface area contributed by atoms with Crippen molar-refractivity contribution in [3.63, 3.8) is 0 Å². The largest absolute Gasteiger partial charge is 0.375 e. The highest BCUT2D eigenvalue weighted by molar-refractivity contribution is 5.77. The van der Waals surface area contributed by atoms with Crippen molar-refractivity contribution < 1.29 is 18.7 Å². The lowest BCUT2D eigenvalue weighted by molar-refractivity contribution is -0.150. The number of amides is 1. The Labute approximate surface area is 140 Å². The summed E-state index contributed by atoms with van der Waals surface area (Å²) in [6.45, 7) is 0.943. The van der Waals surface area contributed by atoms with Crippen molar-refractivity contribution in [1.82, 2.24) is 4.90 Å². The van der Waals surface area contributed by atoms with Crippen molar-refractivity contribution in [2.75, 3.05) is 26.8 Å². The predicted molar refractivity (Wildman–Crippen MR) is 87.9 cm³/mol. The van der Waals surface area contributed by atoms with Crippen LogP contribution in [0.4, 0.5) is 4.39 Å². The molecular weight excluding hydrogens is 309 g/mol. The van der Waals surface area contributed by atoms with Crippen LogP contribution < -0.4 is 0 Å². The molecule has 3 rings (SSSR count). The van der Waals surface area contributed by atoms with Crippen LogP contribution in [0.1, 0.15) is 23.3 Å². The third-order valence-corrected chi connectivity index (χ3v) is 4.13. The summed E-state index contributed by atoms with van der Waals surface area (Å²) in [6.07, 6.45) is -0.527. The molecule has 2 atom stereocenters. The second-order valence-corrected chi connectivity index (χ2v) is 5.81. The molecule has 2 aromatic rings. The van der Waals surface area contributed by atoms with E-state index in [1.165, 1.54) is 19.2 Å². The Hall–Kier alpha value is -2.24. The first-order chi connectivity index (χ1) is 11.7. The number of hydrogen-bond acceptors (Lipinski definition) is 3. The van der Waals surface area contributed by atoms with E-state index < -0.39 is 0 Å². The molecule has 0 N–H and O–H groups in total. The van der Waals surface area contributed by atoms with Crippen molar-refractivity contribution in [2.24, 2.45) is 0 Å². The van der Waals surface area contributed by atoms with Crippen LogP contribution in [0.3, 0.4) is 0 Å².